The van der Waals surface area contributed by atoms with Gasteiger partial charge in [-0.1, -0.05) is 38.1 Å². The first-order chi connectivity index (χ1) is 16.3. The molecule has 0 spiro atoms. The Bertz CT molecular complexity index is 849. The van der Waals surface area contributed by atoms with Gasteiger partial charge in [-0.2, -0.15) is 0 Å². The molecule has 0 saturated carbocycles. The van der Waals surface area contributed by atoms with Crippen LogP contribution in [0.4, 0.5) is 5.69 Å². The Morgan fingerprint density at radius 1 is 1.21 bits per heavy atom. The molecule has 0 radical (unpaired) electrons. The van der Waals surface area contributed by atoms with Crippen molar-refractivity contribution >= 4 is 17.3 Å². The van der Waals surface area contributed by atoms with E-state index in [0.717, 1.165) is 50.4 Å². The third kappa shape index (κ3) is 8.35. The van der Waals surface area contributed by atoms with E-state index in [-0.39, 0.29) is 11.9 Å². The van der Waals surface area contributed by atoms with Crippen molar-refractivity contribution in [3.63, 3.8) is 0 Å². The topological polar surface area (TPSA) is 53.9 Å². The average Bonchev–Trinajstić information content (AvgIpc) is 3.32. The van der Waals surface area contributed by atoms with E-state index in [1.165, 1.54) is 42.6 Å². The highest BCUT2D eigenvalue weighted by atomic mass is 16.5. The van der Waals surface area contributed by atoms with E-state index < -0.39 is 0 Å². The number of amides is 1. The van der Waals surface area contributed by atoms with Crippen molar-refractivity contribution in [3.8, 4) is 0 Å². The fraction of sp³-hybridized carbons (Fsp3) is 0.655. The monoisotopic (exact) mass is 467 g/mol. The number of nitrogens with zero attached hydrogens (tertiary/aromatic N) is 2. The molecule has 0 aliphatic carbocycles. The Morgan fingerprint density at radius 2 is 1.91 bits per heavy atom. The van der Waals surface area contributed by atoms with Crippen LogP contribution in [0, 0.1) is 12.8 Å². The third-order valence-electron chi connectivity index (χ3n) is 7.25. The van der Waals surface area contributed by atoms with Gasteiger partial charge in [-0.15, -0.1) is 0 Å². The molecule has 2 aliphatic heterocycles. The molecule has 1 atom stereocenters. The number of carbonyl (C=O) groups is 1. The lowest BCUT2D eigenvalue weighted by Crippen LogP contribution is -2.43. The predicted molar refractivity (Wildman–Crippen MR) is 142 cm³/mol. The summed E-state index contributed by atoms with van der Waals surface area (Å²) in [4.78, 5) is 20.2. The van der Waals surface area contributed by atoms with Gasteiger partial charge in [-0.25, -0.2) is 0 Å². The molecule has 1 aromatic rings. The summed E-state index contributed by atoms with van der Waals surface area (Å²) in [6.07, 6.45) is 6.60. The van der Waals surface area contributed by atoms with Gasteiger partial charge >= 0.3 is 0 Å². The first kappa shape index (κ1) is 26.6. The van der Waals surface area contributed by atoms with Gasteiger partial charge in [0.05, 0.1) is 5.69 Å². The predicted octanol–water partition coefficient (Wildman–Crippen LogP) is 5.94. The fourth-order valence-corrected chi connectivity index (χ4v) is 5.08. The van der Waals surface area contributed by atoms with E-state index in [9.17, 15) is 4.79 Å². The molecule has 2 saturated heterocycles. The van der Waals surface area contributed by atoms with E-state index in [1.54, 1.807) is 0 Å². The average molecular weight is 468 g/mol. The smallest absolute Gasteiger partial charge is 0.220 e. The molecule has 1 unspecified atom stereocenters. The Labute approximate surface area is 207 Å². The molecule has 2 fully saturated rings. The number of aliphatic imine (C=N–C) groups is 1. The van der Waals surface area contributed by atoms with E-state index in [1.807, 2.05) is 6.92 Å². The number of ether oxygens (including phenoxy) is 1. The van der Waals surface area contributed by atoms with E-state index in [2.05, 4.69) is 55.8 Å². The normalized spacial score (nSPS) is 18.9. The first-order valence-corrected chi connectivity index (χ1v) is 13.2. The summed E-state index contributed by atoms with van der Waals surface area (Å²) in [6, 6.07) is 6.62. The molecule has 2 heterocycles. The van der Waals surface area contributed by atoms with Crippen LogP contribution in [0.2, 0.25) is 0 Å². The maximum Gasteiger partial charge on any atom is 0.220 e. The van der Waals surface area contributed by atoms with Crippen LogP contribution in [-0.2, 0) is 9.53 Å². The molecule has 5 heteroatoms. The van der Waals surface area contributed by atoms with Crippen LogP contribution in [0.3, 0.4) is 0 Å². The molecule has 1 aromatic carbocycles. The van der Waals surface area contributed by atoms with Crippen molar-refractivity contribution in [2.24, 2.45) is 10.9 Å². The van der Waals surface area contributed by atoms with Crippen molar-refractivity contribution in [3.05, 3.63) is 41.5 Å². The summed E-state index contributed by atoms with van der Waals surface area (Å²) in [5.74, 6) is 1.09. The lowest BCUT2D eigenvalue weighted by atomic mass is 9.87. The van der Waals surface area contributed by atoms with Crippen molar-refractivity contribution in [1.82, 2.24) is 10.2 Å². The lowest BCUT2D eigenvalue weighted by molar-refractivity contribution is -0.122. The molecular formula is C29H45N3O2. The standard InChI is InChI=1S/C29H45N3O2/c1-21(2)26-9-10-27(23(4)19-26)30-24(5)8-11-29(33)31-28(25-12-16-34-17-13-25)18-22(3)20-32-14-6-7-15-32/h9-10,19,21,25,28H,3,6-8,11-18,20H2,1-2,4-5H3,(H,31,33). The van der Waals surface area contributed by atoms with Gasteiger partial charge in [-0.3, -0.25) is 14.7 Å². The summed E-state index contributed by atoms with van der Waals surface area (Å²) < 4.78 is 5.57. The molecular weight excluding hydrogens is 422 g/mol. The van der Waals surface area contributed by atoms with Gasteiger partial charge in [0.15, 0.2) is 0 Å². The molecule has 0 bridgehead atoms. The van der Waals surface area contributed by atoms with Crippen molar-refractivity contribution < 1.29 is 9.53 Å². The number of hydrogen-bond acceptors (Lipinski definition) is 4. The van der Waals surface area contributed by atoms with Crippen LogP contribution >= 0.6 is 0 Å². The summed E-state index contributed by atoms with van der Waals surface area (Å²) in [6.45, 7) is 17.8. The molecule has 1 amide bonds. The molecule has 2 aliphatic rings. The van der Waals surface area contributed by atoms with Crippen LogP contribution in [0.25, 0.3) is 0 Å². The molecule has 3 rings (SSSR count). The van der Waals surface area contributed by atoms with Gasteiger partial charge in [0, 0.05) is 37.9 Å². The van der Waals surface area contributed by atoms with Gasteiger partial charge in [0.25, 0.3) is 0 Å². The highest BCUT2D eigenvalue weighted by Crippen LogP contribution is 2.26. The minimum Gasteiger partial charge on any atom is -0.381 e. The van der Waals surface area contributed by atoms with Crippen LogP contribution in [0.5, 0.6) is 0 Å². The largest absolute Gasteiger partial charge is 0.381 e. The molecule has 188 valence electrons. The summed E-state index contributed by atoms with van der Waals surface area (Å²) in [5, 5.41) is 3.36. The highest BCUT2D eigenvalue weighted by Gasteiger charge is 2.26. The van der Waals surface area contributed by atoms with Gasteiger partial charge in [0.2, 0.25) is 5.91 Å². The minimum absolute atomic E-state index is 0.117. The Morgan fingerprint density at radius 3 is 2.56 bits per heavy atom. The van der Waals surface area contributed by atoms with Crippen molar-refractivity contribution in [1.29, 1.82) is 0 Å². The van der Waals surface area contributed by atoms with E-state index >= 15 is 0 Å². The third-order valence-corrected chi connectivity index (χ3v) is 7.25. The summed E-state index contributed by atoms with van der Waals surface area (Å²) in [5.41, 5.74) is 5.75. The number of hydrogen-bond donors (Lipinski definition) is 1. The van der Waals surface area contributed by atoms with Crippen LogP contribution in [-0.4, -0.2) is 55.4 Å². The molecule has 5 nitrogen and oxygen atoms in total. The lowest BCUT2D eigenvalue weighted by Gasteiger charge is -2.32. The zero-order valence-electron chi connectivity index (χ0n) is 21.9. The van der Waals surface area contributed by atoms with E-state index in [0.29, 0.717) is 24.7 Å². The summed E-state index contributed by atoms with van der Waals surface area (Å²) >= 11 is 0. The number of aryl methyl sites for hydroxylation is 1. The number of carbonyl (C=O) groups excluding carboxylic acids is 1. The number of likely N-dealkylation sites (tertiary alicyclic amines) is 1. The second-order valence-corrected chi connectivity index (χ2v) is 10.6. The SMILES string of the molecule is C=C(CC(NC(=O)CCC(C)=Nc1ccc(C(C)C)cc1C)C1CCOCC1)CN1CCCC1. The van der Waals surface area contributed by atoms with Gasteiger partial charge in [-0.05, 0) is 94.5 Å². The fourth-order valence-electron chi connectivity index (χ4n) is 5.08. The van der Waals surface area contributed by atoms with E-state index in [4.69, 9.17) is 9.73 Å². The van der Waals surface area contributed by atoms with Crippen LogP contribution in [0.1, 0.15) is 82.8 Å². The van der Waals surface area contributed by atoms with Gasteiger partial charge < -0.3 is 10.1 Å². The molecule has 1 N–H and O–H groups in total. The molecule has 34 heavy (non-hydrogen) atoms. The van der Waals surface area contributed by atoms with Crippen molar-refractivity contribution in [2.45, 2.75) is 84.6 Å². The zero-order valence-corrected chi connectivity index (χ0v) is 21.9. The second kappa shape index (κ2) is 13.2. The van der Waals surface area contributed by atoms with Gasteiger partial charge in [0.1, 0.15) is 0 Å². The molecule has 0 aromatic heterocycles. The number of nitrogens with one attached hydrogen (secondary N) is 1. The quantitative estimate of drug-likeness (QED) is 0.323. The van der Waals surface area contributed by atoms with Crippen molar-refractivity contribution in [2.75, 3.05) is 32.8 Å². The summed E-state index contributed by atoms with van der Waals surface area (Å²) in [7, 11) is 0. The maximum atomic E-state index is 12.9. The Kier molecular flexibility index (Phi) is 10.3. The number of rotatable bonds is 11. The highest BCUT2D eigenvalue weighted by molar-refractivity contribution is 5.89. The van der Waals surface area contributed by atoms with Crippen LogP contribution in [0.15, 0.2) is 35.3 Å². The first-order valence-electron chi connectivity index (χ1n) is 13.2. The zero-order chi connectivity index (χ0) is 24.5. The minimum atomic E-state index is 0.117. The maximum absolute atomic E-state index is 12.9. The second-order valence-electron chi connectivity index (χ2n) is 10.6. The Balaban J connectivity index is 1.54. The number of benzene rings is 1. The van der Waals surface area contributed by atoms with Crippen LogP contribution < -0.4 is 5.32 Å². The Hall–Kier alpha value is -1.98.